The van der Waals surface area contributed by atoms with Gasteiger partial charge in [0.05, 0.1) is 0 Å². The molecule has 0 aliphatic carbocycles. The van der Waals surface area contributed by atoms with Crippen LogP contribution >= 0.6 is 9.90 Å². The van der Waals surface area contributed by atoms with Crippen molar-refractivity contribution in [1.82, 2.24) is 0 Å². The highest BCUT2D eigenvalue weighted by atomic mass is 32.2. The highest BCUT2D eigenvalue weighted by Crippen LogP contribution is 2.35. The van der Waals surface area contributed by atoms with Crippen molar-refractivity contribution in [3.05, 3.63) is 27.8 Å². The van der Waals surface area contributed by atoms with Crippen LogP contribution in [-0.4, -0.2) is 13.0 Å². The molecule has 1 aromatic rings. The SMILES string of the molecule is CCCCc1c(C)c(CCCC)c(CCCC)c(S(=O)(=O)O)c1CCCC.P. The average Bonchev–Trinajstić information content (AvgIpc) is 2.61. The summed E-state index contributed by atoms with van der Waals surface area (Å²) in [6.45, 7) is 10.8. The van der Waals surface area contributed by atoms with Gasteiger partial charge in [0, 0.05) is 0 Å². The van der Waals surface area contributed by atoms with Crippen molar-refractivity contribution in [2.45, 2.75) is 117 Å². The summed E-state index contributed by atoms with van der Waals surface area (Å²) in [4.78, 5) is 0.257. The molecule has 0 saturated carbocycles. The Kier molecular flexibility index (Phi) is 13.5. The van der Waals surface area contributed by atoms with Gasteiger partial charge in [0.25, 0.3) is 10.1 Å². The van der Waals surface area contributed by atoms with Crippen LogP contribution in [0.4, 0.5) is 0 Å². The van der Waals surface area contributed by atoms with Gasteiger partial charge >= 0.3 is 0 Å². The predicted molar refractivity (Wildman–Crippen MR) is 127 cm³/mol. The highest BCUT2D eigenvalue weighted by Gasteiger charge is 2.27. The lowest BCUT2D eigenvalue weighted by molar-refractivity contribution is 0.479. The second-order valence-corrected chi connectivity index (χ2v) is 9.12. The first-order chi connectivity index (χ1) is 12.8. The molecule has 5 heteroatoms. The minimum atomic E-state index is -4.24. The van der Waals surface area contributed by atoms with Crippen LogP contribution in [0.5, 0.6) is 0 Å². The second-order valence-electron chi connectivity index (χ2n) is 7.76. The molecule has 0 aromatic heterocycles. The molecule has 0 aliphatic heterocycles. The molecule has 28 heavy (non-hydrogen) atoms. The number of rotatable bonds is 13. The quantitative estimate of drug-likeness (QED) is 0.281. The maximum atomic E-state index is 12.5. The van der Waals surface area contributed by atoms with E-state index in [4.69, 9.17) is 0 Å². The summed E-state index contributed by atoms with van der Waals surface area (Å²) in [5.74, 6) is 0. The van der Waals surface area contributed by atoms with Crippen molar-refractivity contribution in [1.29, 1.82) is 0 Å². The molecule has 1 atom stereocenters. The topological polar surface area (TPSA) is 54.4 Å². The van der Waals surface area contributed by atoms with Gasteiger partial charge < -0.3 is 0 Å². The number of unbranched alkanes of at least 4 members (excludes halogenated alkanes) is 4. The number of hydrogen-bond acceptors (Lipinski definition) is 2. The van der Waals surface area contributed by atoms with Crippen molar-refractivity contribution in [2.24, 2.45) is 0 Å². The molecule has 0 fully saturated rings. The number of hydrogen-bond donors (Lipinski definition) is 1. The molecule has 0 aliphatic rings. The molecular weight excluding hydrogens is 387 g/mol. The molecule has 164 valence electrons. The first-order valence-corrected chi connectivity index (χ1v) is 12.4. The van der Waals surface area contributed by atoms with Crippen molar-refractivity contribution in [3.8, 4) is 0 Å². The Bertz CT molecular complexity index is 655. The molecule has 0 amide bonds. The maximum Gasteiger partial charge on any atom is 0.295 e. The van der Waals surface area contributed by atoms with E-state index in [1.807, 2.05) is 0 Å². The van der Waals surface area contributed by atoms with Crippen LogP contribution in [0.15, 0.2) is 4.90 Å². The minimum absolute atomic E-state index is 0. The van der Waals surface area contributed by atoms with Crippen molar-refractivity contribution in [2.75, 3.05) is 0 Å². The fourth-order valence-electron chi connectivity index (χ4n) is 4.02. The van der Waals surface area contributed by atoms with E-state index >= 15 is 0 Å². The zero-order valence-electron chi connectivity index (χ0n) is 18.9. The van der Waals surface area contributed by atoms with E-state index in [-0.39, 0.29) is 14.8 Å². The summed E-state index contributed by atoms with van der Waals surface area (Å²) in [6, 6.07) is 0. The fourth-order valence-corrected chi connectivity index (χ4v) is 5.10. The molecule has 0 heterocycles. The van der Waals surface area contributed by atoms with Crippen LogP contribution in [0.2, 0.25) is 0 Å². The maximum absolute atomic E-state index is 12.5. The van der Waals surface area contributed by atoms with Gasteiger partial charge in [-0.25, -0.2) is 0 Å². The molecular formula is C23H43O3PS. The smallest absolute Gasteiger partial charge is 0.282 e. The van der Waals surface area contributed by atoms with Gasteiger partial charge in [0.2, 0.25) is 0 Å². The van der Waals surface area contributed by atoms with Crippen molar-refractivity contribution in [3.63, 3.8) is 0 Å². The van der Waals surface area contributed by atoms with Crippen LogP contribution in [0.3, 0.4) is 0 Å². The summed E-state index contributed by atoms with van der Waals surface area (Å²) in [6.07, 6.45) is 11.4. The zero-order valence-corrected chi connectivity index (χ0v) is 21.1. The van der Waals surface area contributed by atoms with E-state index in [2.05, 4.69) is 34.6 Å². The molecule has 0 spiro atoms. The molecule has 1 rings (SSSR count). The summed E-state index contributed by atoms with van der Waals surface area (Å²) >= 11 is 0. The Hall–Kier alpha value is -0.440. The third-order valence-electron chi connectivity index (χ3n) is 5.56. The van der Waals surface area contributed by atoms with Crippen LogP contribution in [0.25, 0.3) is 0 Å². The van der Waals surface area contributed by atoms with Gasteiger partial charge in [-0.05, 0) is 86.1 Å². The van der Waals surface area contributed by atoms with Crippen LogP contribution in [0.1, 0.15) is 107 Å². The molecule has 0 saturated heterocycles. The lowest BCUT2D eigenvalue weighted by Crippen LogP contribution is -2.16. The molecule has 0 bridgehead atoms. The van der Waals surface area contributed by atoms with Crippen LogP contribution in [0, 0.1) is 6.92 Å². The Balaban J connectivity index is 0.00000729. The fraction of sp³-hybridized carbons (Fsp3) is 0.739. The third kappa shape index (κ3) is 7.43. The summed E-state index contributed by atoms with van der Waals surface area (Å²) < 4.78 is 35.3. The van der Waals surface area contributed by atoms with E-state index in [9.17, 15) is 13.0 Å². The Morgan fingerprint density at radius 1 is 0.643 bits per heavy atom. The second kappa shape index (κ2) is 13.7. The molecule has 0 radical (unpaired) electrons. The van der Waals surface area contributed by atoms with E-state index in [0.717, 1.165) is 88.2 Å². The predicted octanol–water partition coefficient (Wildman–Crippen LogP) is 6.67. The number of benzene rings is 1. The van der Waals surface area contributed by atoms with Crippen LogP contribution in [-0.2, 0) is 35.8 Å². The highest BCUT2D eigenvalue weighted by molar-refractivity contribution is 7.86. The monoisotopic (exact) mass is 430 g/mol. The van der Waals surface area contributed by atoms with E-state index < -0.39 is 10.1 Å². The van der Waals surface area contributed by atoms with Crippen molar-refractivity contribution < 1.29 is 13.0 Å². The molecule has 1 N–H and O–H groups in total. The minimum Gasteiger partial charge on any atom is -0.282 e. The van der Waals surface area contributed by atoms with E-state index in [1.165, 1.54) is 16.7 Å². The average molecular weight is 431 g/mol. The Morgan fingerprint density at radius 3 is 1.18 bits per heavy atom. The van der Waals surface area contributed by atoms with Gasteiger partial charge in [-0.1, -0.05) is 53.4 Å². The summed E-state index contributed by atoms with van der Waals surface area (Å²) in [7, 11) is -4.24. The van der Waals surface area contributed by atoms with Gasteiger partial charge in [-0.2, -0.15) is 18.3 Å². The molecule has 3 nitrogen and oxygen atoms in total. The first kappa shape index (κ1) is 27.6. The Labute approximate surface area is 177 Å². The van der Waals surface area contributed by atoms with Gasteiger partial charge in [-0.15, -0.1) is 0 Å². The third-order valence-corrected chi connectivity index (χ3v) is 6.57. The van der Waals surface area contributed by atoms with Crippen molar-refractivity contribution >= 4 is 20.0 Å². The lowest BCUT2D eigenvalue weighted by atomic mass is 9.84. The van der Waals surface area contributed by atoms with E-state index in [1.54, 1.807) is 0 Å². The Morgan fingerprint density at radius 2 is 0.929 bits per heavy atom. The first-order valence-electron chi connectivity index (χ1n) is 11.0. The standard InChI is InChI=1S/C23H40O3S.H3P/c1-6-10-14-19-18(5)20(15-11-7-2)22(17-13-9-4)23(27(24,25)26)21(19)16-12-8-3;/h6-17H2,1-5H3,(H,24,25,26);1H3. The lowest BCUT2D eigenvalue weighted by Gasteiger charge is -2.24. The van der Waals surface area contributed by atoms with E-state index in [0.29, 0.717) is 0 Å². The van der Waals surface area contributed by atoms with Gasteiger partial charge in [-0.3, -0.25) is 4.55 Å². The molecule has 1 aromatic carbocycles. The zero-order chi connectivity index (χ0) is 20.4. The van der Waals surface area contributed by atoms with Gasteiger partial charge in [0.1, 0.15) is 4.90 Å². The largest absolute Gasteiger partial charge is 0.295 e. The summed E-state index contributed by atoms with van der Waals surface area (Å²) in [5.41, 5.74) is 5.45. The normalized spacial score (nSPS) is 11.5. The summed E-state index contributed by atoms with van der Waals surface area (Å²) in [5, 5.41) is 0. The van der Waals surface area contributed by atoms with Crippen LogP contribution < -0.4 is 0 Å². The van der Waals surface area contributed by atoms with Gasteiger partial charge in [0.15, 0.2) is 0 Å². The molecule has 1 unspecified atom stereocenters.